The summed E-state index contributed by atoms with van der Waals surface area (Å²) in [5, 5.41) is 0. The predicted molar refractivity (Wildman–Crippen MR) is 39.6 cm³/mol. The molecule has 1 aromatic heterocycles. The summed E-state index contributed by atoms with van der Waals surface area (Å²) in [4.78, 5) is 3.94. The van der Waals surface area contributed by atoms with Crippen molar-refractivity contribution in [1.82, 2.24) is 4.98 Å². The Morgan fingerprint density at radius 1 is 1.60 bits per heavy atom. The molecular weight excluding hydrogens is 128 g/mol. The van der Waals surface area contributed by atoms with Crippen molar-refractivity contribution in [3.63, 3.8) is 0 Å². The summed E-state index contributed by atoms with van der Waals surface area (Å²) in [7, 11) is 0. The lowest BCUT2D eigenvalue weighted by Gasteiger charge is -1.89. The number of nitrogens with zero attached hydrogens (tertiary/aromatic N) is 1. The Kier molecular flexibility index (Phi) is 1.94. The quantitative estimate of drug-likeness (QED) is 0.677. The van der Waals surface area contributed by atoms with Crippen molar-refractivity contribution in [2.24, 2.45) is 0 Å². The topological polar surface area (TPSA) is 52.0 Å². The van der Waals surface area contributed by atoms with Crippen molar-refractivity contribution in [2.45, 2.75) is 26.7 Å². The summed E-state index contributed by atoms with van der Waals surface area (Å²) in [5.41, 5.74) is 6.25. The number of aromatic nitrogens is 1. The molecule has 3 nitrogen and oxygen atoms in total. The maximum atomic E-state index is 5.33. The molecule has 56 valence electrons. The average Bonchev–Trinajstić information content (AvgIpc) is 2.13. The smallest absolute Gasteiger partial charge is 0.292 e. The van der Waals surface area contributed by atoms with Gasteiger partial charge in [0.1, 0.15) is 5.76 Å². The lowest BCUT2D eigenvalue weighted by atomic mass is 10.2. The van der Waals surface area contributed by atoms with E-state index in [1.54, 1.807) is 0 Å². The molecule has 0 aliphatic heterocycles. The van der Waals surface area contributed by atoms with Gasteiger partial charge in [0.15, 0.2) is 0 Å². The molecule has 2 N–H and O–H groups in total. The molecular formula is C7H12N2O. The van der Waals surface area contributed by atoms with Gasteiger partial charge < -0.3 is 10.2 Å². The lowest BCUT2D eigenvalue weighted by Crippen LogP contribution is -1.82. The van der Waals surface area contributed by atoms with E-state index >= 15 is 0 Å². The van der Waals surface area contributed by atoms with Gasteiger partial charge in [-0.15, -0.1) is 0 Å². The molecule has 0 aliphatic rings. The second kappa shape index (κ2) is 2.73. The number of nitrogens with two attached hydrogens (primary N) is 1. The van der Waals surface area contributed by atoms with Crippen LogP contribution in [-0.4, -0.2) is 4.98 Å². The molecule has 1 rings (SSSR count). The SMILES string of the molecule is CCCc1oc(N)nc1C. The fourth-order valence-corrected chi connectivity index (χ4v) is 0.910. The number of nitrogen functional groups attached to an aromatic ring is 1. The molecule has 0 aromatic carbocycles. The Balaban J connectivity index is 2.81. The molecule has 0 fully saturated rings. The van der Waals surface area contributed by atoms with Gasteiger partial charge in [-0.25, -0.2) is 0 Å². The minimum Gasteiger partial charge on any atom is -0.429 e. The van der Waals surface area contributed by atoms with Crippen molar-refractivity contribution >= 4 is 6.01 Å². The Labute approximate surface area is 60.2 Å². The van der Waals surface area contributed by atoms with E-state index in [1.165, 1.54) is 0 Å². The van der Waals surface area contributed by atoms with Crippen LogP contribution in [0.5, 0.6) is 0 Å². The van der Waals surface area contributed by atoms with E-state index in [1.807, 2.05) is 6.92 Å². The van der Waals surface area contributed by atoms with Crippen LogP contribution in [-0.2, 0) is 6.42 Å². The molecule has 0 radical (unpaired) electrons. The van der Waals surface area contributed by atoms with Crippen LogP contribution in [0.3, 0.4) is 0 Å². The molecule has 1 aromatic rings. The van der Waals surface area contributed by atoms with Crippen molar-refractivity contribution in [1.29, 1.82) is 0 Å². The molecule has 0 atom stereocenters. The van der Waals surface area contributed by atoms with Crippen LogP contribution in [0, 0.1) is 6.92 Å². The maximum Gasteiger partial charge on any atom is 0.292 e. The summed E-state index contributed by atoms with van der Waals surface area (Å²) < 4.78 is 5.12. The van der Waals surface area contributed by atoms with Crippen LogP contribution < -0.4 is 5.73 Å². The van der Waals surface area contributed by atoms with Crippen molar-refractivity contribution in [3.8, 4) is 0 Å². The zero-order chi connectivity index (χ0) is 7.56. The van der Waals surface area contributed by atoms with Crippen molar-refractivity contribution < 1.29 is 4.42 Å². The van der Waals surface area contributed by atoms with E-state index in [0.717, 1.165) is 24.3 Å². The molecule has 1 heterocycles. The second-order valence-electron chi connectivity index (χ2n) is 2.31. The van der Waals surface area contributed by atoms with Gasteiger partial charge in [0.05, 0.1) is 5.69 Å². The molecule has 0 bridgehead atoms. The van der Waals surface area contributed by atoms with Gasteiger partial charge in [0, 0.05) is 6.42 Å². The van der Waals surface area contributed by atoms with E-state index in [9.17, 15) is 0 Å². The summed E-state index contributed by atoms with van der Waals surface area (Å²) in [6, 6.07) is 0.279. The Morgan fingerprint density at radius 2 is 2.30 bits per heavy atom. The Bertz CT molecular complexity index is 217. The molecule has 0 saturated carbocycles. The largest absolute Gasteiger partial charge is 0.429 e. The van der Waals surface area contributed by atoms with Crippen LogP contribution >= 0.6 is 0 Å². The van der Waals surface area contributed by atoms with Crippen LogP contribution in [0.4, 0.5) is 6.01 Å². The number of hydrogen-bond acceptors (Lipinski definition) is 3. The number of oxazole rings is 1. The molecule has 10 heavy (non-hydrogen) atoms. The Morgan fingerprint density at radius 3 is 2.70 bits per heavy atom. The predicted octanol–water partition coefficient (Wildman–Crippen LogP) is 1.52. The highest BCUT2D eigenvalue weighted by atomic mass is 16.4. The molecule has 0 saturated heterocycles. The van der Waals surface area contributed by atoms with E-state index in [0.29, 0.717) is 0 Å². The third-order valence-electron chi connectivity index (χ3n) is 1.39. The lowest BCUT2D eigenvalue weighted by molar-refractivity contribution is 0.517. The fraction of sp³-hybridized carbons (Fsp3) is 0.571. The summed E-state index contributed by atoms with van der Waals surface area (Å²) in [6.45, 7) is 4.00. The fourth-order valence-electron chi connectivity index (χ4n) is 0.910. The van der Waals surface area contributed by atoms with Crippen LogP contribution in [0.1, 0.15) is 24.8 Å². The number of aryl methyl sites for hydroxylation is 2. The first-order valence-corrected chi connectivity index (χ1v) is 3.45. The van der Waals surface area contributed by atoms with Crippen LogP contribution in [0.2, 0.25) is 0 Å². The first kappa shape index (κ1) is 7.12. The van der Waals surface area contributed by atoms with Crippen LogP contribution in [0.25, 0.3) is 0 Å². The molecule has 0 aliphatic carbocycles. The van der Waals surface area contributed by atoms with E-state index < -0.39 is 0 Å². The zero-order valence-electron chi connectivity index (χ0n) is 6.35. The molecule has 3 heteroatoms. The van der Waals surface area contributed by atoms with E-state index in [-0.39, 0.29) is 6.01 Å². The number of anilines is 1. The third kappa shape index (κ3) is 1.29. The zero-order valence-corrected chi connectivity index (χ0v) is 6.35. The Hall–Kier alpha value is -0.990. The van der Waals surface area contributed by atoms with Gasteiger partial charge >= 0.3 is 0 Å². The third-order valence-corrected chi connectivity index (χ3v) is 1.39. The highest BCUT2D eigenvalue weighted by Gasteiger charge is 2.04. The molecule has 0 spiro atoms. The molecule has 0 amide bonds. The van der Waals surface area contributed by atoms with Gasteiger partial charge in [0.25, 0.3) is 6.01 Å². The highest BCUT2D eigenvalue weighted by Crippen LogP contribution is 2.12. The summed E-state index contributed by atoms with van der Waals surface area (Å²) in [6.07, 6.45) is 1.99. The van der Waals surface area contributed by atoms with Gasteiger partial charge in [-0.05, 0) is 13.3 Å². The first-order chi connectivity index (χ1) is 4.74. The van der Waals surface area contributed by atoms with Crippen LogP contribution in [0.15, 0.2) is 4.42 Å². The summed E-state index contributed by atoms with van der Waals surface area (Å²) in [5.74, 6) is 0.917. The van der Waals surface area contributed by atoms with E-state index in [2.05, 4.69) is 11.9 Å². The van der Waals surface area contributed by atoms with Gasteiger partial charge in [-0.2, -0.15) is 4.98 Å². The maximum absolute atomic E-state index is 5.33. The number of rotatable bonds is 2. The highest BCUT2D eigenvalue weighted by molar-refractivity contribution is 5.18. The monoisotopic (exact) mass is 140 g/mol. The minimum absolute atomic E-state index is 0.279. The normalized spacial score (nSPS) is 10.2. The first-order valence-electron chi connectivity index (χ1n) is 3.45. The standard InChI is InChI=1S/C7H12N2O/c1-3-4-6-5(2)9-7(8)10-6/h3-4H2,1-2H3,(H2,8,9). The van der Waals surface area contributed by atoms with E-state index in [4.69, 9.17) is 10.2 Å². The average molecular weight is 140 g/mol. The molecule has 0 unspecified atom stereocenters. The second-order valence-corrected chi connectivity index (χ2v) is 2.31. The van der Waals surface area contributed by atoms with Gasteiger partial charge in [-0.1, -0.05) is 6.92 Å². The van der Waals surface area contributed by atoms with Crippen molar-refractivity contribution in [2.75, 3.05) is 5.73 Å². The minimum atomic E-state index is 0.279. The number of hydrogen-bond donors (Lipinski definition) is 1. The van der Waals surface area contributed by atoms with Gasteiger partial charge in [-0.3, -0.25) is 0 Å². The summed E-state index contributed by atoms with van der Waals surface area (Å²) >= 11 is 0. The van der Waals surface area contributed by atoms with Gasteiger partial charge in [0.2, 0.25) is 0 Å². The van der Waals surface area contributed by atoms with Crippen molar-refractivity contribution in [3.05, 3.63) is 11.5 Å².